The van der Waals surface area contributed by atoms with Crippen LogP contribution in [0.4, 0.5) is 5.82 Å². The van der Waals surface area contributed by atoms with E-state index in [9.17, 15) is 9.59 Å². The van der Waals surface area contributed by atoms with Crippen molar-refractivity contribution in [3.63, 3.8) is 0 Å². The van der Waals surface area contributed by atoms with Gasteiger partial charge in [0.25, 0.3) is 11.5 Å². The van der Waals surface area contributed by atoms with E-state index >= 15 is 0 Å². The Morgan fingerprint density at radius 2 is 1.91 bits per heavy atom. The van der Waals surface area contributed by atoms with Gasteiger partial charge in [-0.3, -0.25) is 19.3 Å². The van der Waals surface area contributed by atoms with Crippen LogP contribution in [0.1, 0.15) is 60.2 Å². The molecule has 0 radical (unpaired) electrons. The number of ether oxygens (including phenoxy) is 1. The zero-order valence-electron chi connectivity index (χ0n) is 25.3. The standard InChI is InChI=1S/C33H36N8O3/c1-5-7-12-25-20-35-28-16-17-29(37-40(25)28)38-21-23(19-26(38)31-27(44-4)15-11-18-34-31)36-32(42)30-22(3)39(6-2)41(33(30)43)24-13-9-8-10-14-24/h7-18,20,23,26H,5-6,19,21H2,1-4H3,(H,36,42)/b12-7+/t23-,26+/m0/s1. The Balaban J connectivity index is 1.35. The number of nitrogens with zero attached hydrogens (tertiary/aromatic N) is 7. The minimum absolute atomic E-state index is 0.145. The molecule has 1 aromatic carbocycles. The molecular weight excluding hydrogens is 556 g/mol. The van der Waals surface area contributed by atoms with Gasteiger partial charge in [-0.2, -0.15) is 0 Å². The Morgan fingerprint density at radius 3 is 2.66 bits per heavy atom. The summed E-state index contributed by atoms with van der Waals surface area (Å²) in [4.78, 5) is 38.8. The highest BCUT2D eigenvalue weighted by Crippen LogP contribution is 2.38. The second kappa shape index (κ2) is 12.2. The van der Waals surface area contributed by atoms with Crippen LogP contribution in [-0.4, -0.2) is 54.5 Å². The van der Waals surface area contributed by atoms with Crippen molar-refractivity contribution in [2.45, 2.75) is 52.2 Å². The molecule has 0 spiro atoms. The van der Waals surface area contributed by atoms with Crippen LogP contribution in [0.25, 0.3) is 17.4 Å². The lowest BCUT2D eigenvalue weighted by molar-refractivity contribution is 0.0938. The highest BCUT2D eigenvalue weighted by Gasteiger charge is 2.38. The molecule has 0 unspecified atom stereocenters. The number of carbonyl (C=O) groups is 1. The quantitative estimate of drug-likeness (QED) is 0.267. The molecule has 6 rings (SSSR count). The Kier molecular flexibility index (Phi) is 8.01. The first-order valence-corrected chi connectivity index (χ1v) is 14.9. The minimum atomic E-state index is -0.395. The number of rotatable bonds is 9. The first kappa shape index (κ1) is 28.9. The SMILES string of the molecule is CC/C=C/c1cnc2ccc(N3C[C@@H](NC(=O)c4c(C)n(CC)n(-c5ccccc5)c4=O)C[C@@H]3c3ncccc3OC)nn12. The monoisotopic (exact) mass is 592 g/mol. The van der Waals surface area contributed by atoms with Crippen molar-refractivity contribution in [3.05, 3.63) is 106 Å². The number of fused-ring (bicyclic) bond motifs is 1. The third-order valence-electron chi connectivity index (χ3n) is 8.09. The number of carbonyl (C=O) groups excluding carboxylic acids is 1. The molecule has 1 amide bonds. The summed E-state index contributed by atoms with van der Waals surface area (Å²) in [6, 6.07) is 16.5. The van der Waals surface area contributed by atoms with Crippen molar-refractivity contribution in [1.29, 1.82) is 0 Å². The summed E-state index contributed by atoms with van der Waals surface area (Å²) < 4.78 is 10.9. The van der Waals surface area contributed by atoms with E-state index in [1.54, 1.807) is 24.2 Å². The third-order valence-corrected chi connectivity index (χ3v) is 8.09. The van der Waals surface area contributed by atoms with E-state index in [0.717, 1.165) is 29.3 Å². The summed E-state index contributed by atoms with van der Waals surface area (Å²) in [5.74, 6) is 0.982. The van der Waals surface area contributed by atoms with Crippen molar-refractivity contribution in [2.24, 2.45) is 0 Å². The van der Waals surface area contributed by atoms with Crippen LogP contribution < -0.4 is 20.5 Å². The smallest absolute Gasteiger partial charge is 0.284 e. The van der Waals surface area contributed by atoms with Gasteiger partial charge in [0.05, 0.1) is 36.4 Å². The van der Waals surface area contributed by atoms with Crippen molar-refractivity contribution in [1.82, 2.24) is 34.3 Å². The molecule has 4 aromatic heterocycles. The van der Waals surface area contributed by atoms with Crippen molar-refractivity contribution in [2.75, 3.05) is 18.6 Å². The van der Waals surface area contributed by atoms with Crippen molar-refractivity contribution >= 4 is 23.4 Å². The number of hydrogen-bond acceptors (Lipinski definition) is 7. The summed E-state index contributed by atoms with van der Waals surface area (Å²) in [5, 5.41) is 8.12. The zero-order valence-corrected chi connectivity index (χ0v) is 25.3. The maximum atomic E-state index is 13.8. The molecule has 0 bridgehead atoms. The zero-order chi connectivity index (χ0) is 30.8. The summed E-state index contributed by atoms with van der Waals surface area (Å²) >= 11 is 0. The van der Waals surface area contributed by atoms with E-state index in [2.05, 4.69) is 33.2 Å². The second-order valence-corrected chi connectivity index (χ2v) is 10.7. The Labute approximate surface area is 255 Å². The van der Waals surface area contributed by atoms with E-state index in [1.807, 2.05) is 83.7 Å². The molecule has 226 valence electrons. The number of allylic oxidation sites excluding steroid dienone is 1. The number of hydrogen-bond donors (Lipinski definition) is 1. The van der Waals surface area contributed by atoms with E-state index < -0.39 is 5.91 Å². The largest absolute Gasteiger partial charge is 0.495 e. The van der Waals surface area contributed by atoms with Crippen LogP contribution in [0, 0.1) is 6.92 Å². The minimum Gasteiger partial charge on any atom is -0.495 e. The van der Waals surface area contributed by atoms with Crippen LogP contribution in [0.3, 0.4) is 0 Å². The predicted octanol–water partition coefficient (Wildman–Crippen LogP) is 4.59. The molecule has 44 heavy (non-hydrogen) atoms. The molecule has 1 fully saturated rings. The van der Waals surface area contributed by atoms with Gasteiger partial charge in [0.15, 0.2) is 5.65 Å². The lowest BCUT2D eigenvalue weighted by atomic mass is 10.1. The summed E-state index contributed by atoms with van der Waals surface area (Å²) in [6.45, 7) is 6.86. The van der Waals surface area contributed by atoms with E-state index in [4.69, 9.17) is 9.84 Å². The predicted molar refractivity (Wildman–Crippen MR) is 169 cm³/mol. The highest BCUT2D eigenvalue weighted by atomic mass is 16.5. The number of amides is 1. The van der Waals surface area contributed by atoms with Gasteiger partial charge in [-0.25, -0.2) is 14.2 Å². The number of benzene rings is 1. The maximum Gasteiger partial charge on any atom is 0.284 e. The van der Waals surface area contributed by atoms with Gasteiger partial charge in [-0.05, 0) is 69.2 Å². The number of pyridine rings is 1. The average molecular weight is 593 g/mol. The molecule has 1 saturated heterocycles. The summed E-state index contributed by atoms with van der Waals surface area (Å²) in [7, 11) is 1.63. The molecule has 5 heterocycles. The van der Waals surface area contributed by atoms with Crippen LogP contribution in [-0.2, 0) is 6.54 Å². The van der Waals surface area contributed by atoms with E-state index in [1.165, 1.54) is 0 Å². The number of imidazole rings is 1. The number of para-hydroxylation sites is 1. The molecular formula is C33H36N8O3. The van der Waals surface area contributed by atoms with Gasteiger partial charge in [0, 0.05) is 25.3 Å². The second-order valence-electron chi connectivity index (χ2n) is 10.7. The van der Waals surface area contributed by atoms with Gasteiger partial charge in [-0.1, -0.05) is 31.2 Å². The fraction of sp³-hybridized carbons (Fsp3) is 0.303. The molecule has 1 N–H and O–H groups in total. The average Bonchev–Trinajstić information content (AvgIpc) is 3.73. The van der Waals surface area contributed by atoms with E-state index in [-0.39, 0.29) is 23.2 Å². The van der Waals surface area contributed by atoms with Crippen molar-refractivity contribution in [3.8, 4) is 11.4 Å². The van der Waals surface area contributed by atoms with Crippen LogP contribution in [0.5, 0.6) is 5.75 Å². The molecule has 11 nitrogen and oxygen atoms in total. The van der Waals surface area contributed by atoms with Gasteiger partial charge < -0.3 is 15.0 Å². The molecule has 1 aliphatic heterocycles. The Hall–Kier alpha value is -5.19. The Morgan fingerprint density at radius 1 is 1.09 bits per heavy atom. The number of nitrogens with one attached hydrogen (secondary N) is 1. The number of methoxy groups -OCH3 is 1. The topological polar surface area (TPSA) is 112 Å². The van der Waals surface area contributed by atoms with Gasteiger partial charge in [0.2, 0.25) is 0 Å². The molecule has 0 saturated carbocycles. The van der Waals surface area contributed by atoms with Crippen LogP contribution in [0.2, 0.25) is 0 Å². The van der Waals surface area contributed by atoms with Crippen LogP contribution >= 0.6 is 0 Å². The maximum absolute atomic E-state index is 13.8. The van der Waals surface area contributed by atoms with Gasteiger partial charge in [-0.15, -0.1) is 5.10 Å². The third kappa shape index (κ3) is 5.14. The summed E-state index contributed by atoms with van der Waals surface area (Å²) in [6.07, 6.45) is 9.07. The number of aromatic nitrogens is 6. The molecule has 0 aliphatic carbocycles. The highest BCUT2D eigenvalue weighted by molar-refractivity contribution is 5.95. The molecule has 11 heteroatoms. The first-order valence-electron chi connectivity index (χ1n) is 14.9. The lowest BCUT2D eigenvalue weighted by Crippen LogP contribution is -2.39. The summed E-state index contributed by atoms with van der Waals surface area (Å²) in [5.41, 5.74) is 3.51. The van der Waals surface area contributed by atoms with E-state index in [0.29, 0.717) is 36.6 Å². The molecule has 2 atom stereocenters. The van der Waals surface area contributed by atoms with Crippen LogP contribution in [0.15, 0.2) is 77.9 Å². The molecule has 1 aliphatic rings. The van der Waals surface area contributed by atoms with Crippen molar-refractivity contribution < 1.29 is 9.53 Å². The van der Waals surface area contributed by atoms with Gasteiger partial charge in [0.1, 0.15) is 22.8 Å². The fourth-order valence-electron chi connectivity index (χ4n) is 6.04. The molecule has 5 aromatic rings. The Bertz CT molecular complexity index is 1890. The fourth-order valence-corrected chi connectivity index (χ4v) is 6.04. The first-order chi connectivity index (χ1) is 21.4. The van der Waals surface area contributed by atoms with Gasteiger partial charge >= 0.3 is 0 Å². The number of anilines is 1. The lowest BCUT2D eigenvalue weighted by Gasteiger charge is -2.26. The normalized spacial score (nSPS) is 16.7.